The van der Waals surface area contributed by atoms with E-state index in [0.29, 0.717) is 17.9 Å². The third kappa shape index (κ3) is 4.10. The van der Waals surface area contributed by atoms with E-state index in [1.807, 2.05) is 49.4 Å². The Balaban J connectivity index is 2.22. The fourth-order valence-electron chi connectivity index (χ4n) is 2.30. The molecule has 0 bridgehead atoms. The number of hydrogen-bond acceptors (Lipinski definition) is 2. The lowest BCUT2D eigenvalue weighted by Crippen LogP contribution is -2.28. The molecule has 1 N–H and O–H groups in total. The maximum absolute atomic E-state index is 12.6. The summed E-state index contributed by atoms with van der Waals surface area (Å²) >= 11 is 3.41. The maximum atomic E-state index is 12.6. The van der Waals surface area contributed by atoms with Crippen LogP contribution in [0.15, 0.2) is 53.0 Å². The molecule has 0 spiro atoms. The van der Waals surface area contributed by atoms with Crippen LogP contribution in [0.3, 0.4) is 0 Å². The highest BCUT2D eigenvalue weighted by atomic mass is 79.9. The molecule has 116 valence electrons. The number of nitrogens with one attached hydrogen (secondary N) is 1. The summed E-state index contributed by atoms with van der Waals surface area (Å²) in [6, 6.07) is 15.4. The Bertz CT molecular complexity index is 628. The van der Waals surface area contributed by atoms with Crippen molar-refractivity contribution in [3.05, 3.63) is 64.1 Å². The van der Waals surface area contributed by atoms with Crippen molar-refractivity contribution in [2.24, 2.45) is 0 Å². The number of amides is 1. The van der Waals surface area contributed by atoms with Crippen molar-refractivity contribution in [2.75, 3.05) is 6.61 Å². The SMILES string of the molecule is CCOc1ccc(Br)cc1C(=O)NC(CC)c1ccccc1. The zero-order chi connectivity index (χ0) is 15.9. The second kappa shape index (κ2) is 7.99. The van der Waals surface area contributed by atoms with E-state index in [1.54, 1.807) is 6.07 Å². The molecule has 4 heteroatoms. The number of carbonyl (C=O) groups excluding carboxylic acids is 1. The van der Waals surface area contributed by atoms with Gasteiger partial charge in [0.2, 0.25) is 0 Å². The van der Waals surface area contributed by atoms with Gasteiger partial charge in [0.25, 0.3) is 5.91 Å². The lowest BCUT2D eigenvalue weighted by Gasteiger charge is -2.19. The minimum Gasteiger partial charge on any atom is -0.493 e. The lowest BCUT2D eigenvalue weighted by molar-refractivity contribution is 0.0931. The van der Waals surface area contributed by atoms with Crippen LogP contribution < -0.4 is 10.1 Å². The van der Waals surface area contributed by atoms with Crippen LogP contribution in [0, 0.1) is 0 Å². The molecule has 0 fully saturated rings. The summed E-state index contributed by atoms with van der Waals surface area (Å²) in [6.07, 6.45) is 0.827. The van der Waals surface area contributed by atoms with Gasteiger partial charge in [-0.2, -0.15) is 0 Å². The van der Waals surface area contributed by atoms with E-state index in [0.717, 1.165) is 16.5 Å². The standard InChI is InChI=1S/C18H20BrNO2/c1-3-16(13-8-6-5-7-9-13)20-18(21)15-12-14(19)10-11-17(15)22-4-2/h5-12,16H,3-4H2,1-2H3,(H,20,21). The van der Waals surface area contributed by atoms with Crippen LogP contribution in [0.4, 0.5) is 0 Å². The summed E-state index contributed by atoms with van der Waals surface area (Å²) in [5, 5.41) is 3.09. The normalized spacial score (nSPS) is 11.8. The molecule has 0 aliphatic carbocycles. The summed E-state index contributed by atoms with van der Waals surface area (Å²) in [5.74, 6) is 0.478. The van der Waals surface area contributed by atoms with Crippen LogP contribution in [-0.4, -0.2) is 12.5 Å². The van der Waals surface area contributed by atoms with E-state index in [2.05, 4.69) is 28.2 Å². The van der Waals surface area contributed by atoms with Crippen molar-refractivity contribution in [3.63, 3.8) is 0 Å². The minimum absolute atomic E-state index is 0.0119. The van der Waals surface area contributed by atoms with Crippen molar-refractivity contribution in [1.29, 1.82) is 0 Å². The topological polar surface area (TPSA) is 38.3 Å². The second-order valence-corrected chi connectivity index (χ2v) is 5.83. The largest absolute Gasteiger partial charge is 0.493 e. The Morgan fingerprint density at radius 2 is 1.91 bits per heavy atom. The Morgan fingerprint density at radius 3 is 2.55 bits per heavy atom. The molecule has 2 aromatic rings. The smallest absolute Gasteiger partial charge is 0.255 e. The predicted molar refractivity (Wildman–Crippen MR) is 92.3 cm³/mol. The van der Waals surface area contributed by atoms with E-state index < -0.39 is 0 Å². The van der Waals surface area contributed by atoms with E-state index in [-0.39, 0.29) is 11.9 Å². The average molecular weight is 362 g/mol. The van der Waals surface area contributed by atoms with Crippen molar-refractivity contribution >= 4 is 21.8 Å². The fraction of sp³-hybridized carbons (Fsp3) is 0.278. The van der Waals surface area contributed by atoms with Crippen LogP contribution >= 0.6 is 15.9 Å². The molecular formula is C18H20BrNO2. The molecular weight excluding hydrogens is 342 g/mol. The fourth-order valence-corrected chi connectivity index (χ4v) is 2.66. The lowest BCUT2D eigenvalue weighted by atomic mass is 10.0. The Hall–Kier alpha value is -1.81. The number of benzene rings is 2. The number of hydrogen-bond donors (Lipinski definition) is 1. The van der Waals surface area contributed by atoms with Crippen LogP contribution in [0.5, 0.6) is 5.75 Å². The number of ether oxygens (including phenoxy) is 1. The minimum atomic E-state index is -0.125. The maximum Gasteiger partial charge on any atom is 0.255 e. The van der Waals surface area contributed by atoms with E-state index >= 15 is 0 Å². The van der Waals surface area contributed by atoms with Gasteiger partial charge in [-0.1, -0.05) is 53.2 Å². The van der Waals surface area contributed by atoms with Gasteiger partial charge >= 0.3 is 0 Å². The molecule has 2 aromatic carbocycles. The van der Waals surface area contributed by atoms with Gasteiger partial charge in [0.1, 0.15) is 5.75 Å². The zero-order valence-corrected chi connectivity index (χ0v) is 14.4. The van der Waals surface area contributed by atoms with E-state index in [1.165, 1.54) is 0 Å². The molecule has 3 nitrogen and oxygen atoms in total. The van der Waals surface area contributed by atoms with Gasteiger partial charge in [-0.25, -0.2) is 0 Å². The summed E-state index contributed by atoms with van der Waals surface area (Å²) in [6.45, 7) is 4.49. The van der Waals surface area contributed by atoms with Gasteiger partial charge in [-0.15, -0.1) is 0 Å². The third-order valence-electron chi connectivity index (χ3n) is 3.40. The molecule has 0 saturated carbocycles. The number of halogens is 1. The van der Waals surface area contributed by atoms with Gasteiger partial charge in [0.15, 0.2) is 0 Å². The van der Waals surface area contributed by atoms with E-state index in [9.17, 15) is 4.79 Å². The molecule has 0 heterocycles. The van der Waals surface area contributed by atoms with Crippen molar-refractivity contribution in [1.82, 2.24) is 5.32 Å². The molecule has 2 rings (SSSR count). The van der Waals surface area contributed by atoms with Crippen LogP contribution in [0.25, 0.3) is 0 Å². The van der Waals surface area contributed by atoms with Crippen LogP contribution in [0.1, 0.15) is 42.2 Å². The Labute approximate surface area is 139 Å². The first-order valence-electron chi connectivity index (χ1n) is 7.43. The highest BCUT2D eigenvalue weighted by Crippen LogP contribution is 2.25. The molecule has 0 aliphatic heterocycles. The van der Waals surface area contributed by atoms with Gasteiger partial charge in [-0.3, -0.25) is 4.79 Å². The molecule has 0 aromatic heterocycles. The Morgan fingerprint density at radius 1 is 1.18 bits per heavy atom. The average Bonchev–Trinajstić information content (AvgIpc) is 2.55. The number of rotatable bonds is 6. The monoisotopic (exact) mass is 361 g/mol. The van der Waals surface area contributed by atoms with E-state index in [4.69, 9.17) is 4.74 Å². The molecule has 0 aliphatic rings. The molecule has 0 radical (unpaired) electrons. The molecule has 22 heavy (non-hydrogen) atoms. The second-order valence-electron chi connectivity index (χ2n) is 4.92. The summed E-state index contributed by atoms with van der Waals surface area (Å²) in [4.78, 5) is 12.6. The predicted octanol–water partition coefficient (Wildman–Crippen LogP) is 4.73. The first-order chi connectivity index (χ1) is 10.7. The zero-order valence-electron chi connectivity index (χ0n) is 12.8. The first kappa shape index (κ1) is 16.6. The highest BCUT2D eigenvalue weighted by molar-refractivity contribution is 9.10. The number of carbonyl (C=O) groups is 1. The van der Waals surface area contributed by atoms with Gasteiger partial charge < -0.3 is 10.1 Å². The summed E-state index contributed by atoms with van der Waals surface area (Å²) in [5.41, 5.74) is 1.65. The van der Waals surface area contributed by atoms with Crippen LogP contribution in [0.2, 0.25) is 0 Å². The van der Waals surface area contributed by atoms with Crippen molar-refractivity contribution in [2.45, 2.75) is 26.3 Å². The summed E-state index contributed by atoms with van der Waals surface area (Å²) in [7, 11) is 0. The summed E-state index contributed by atoms with van der Waals surface area (Å²) < 4.78 is 6.41. The first-order valence-corrected chi connectivity index (χ1v) is 8.23. The third-order valence-corrected chi connectivity index (χ3v) is 3.89. The quantitative estimate of drug-likeness (QED) is 0.807. The molecule has 1 atom stereocenters. The van der Waals surface area contributed by atoms with Crippen molar-refractivity contribution < 1.29 is 9.53 Å². The van der Waals surface area contributed by atoms with Gasteiger partial charge in [0, 0.05) is 4.47 Å². The van der Waals surface area contributed by atoms with Crippen LogP contribution in [-0.2, 0) is 0 Å². The highest BCUT2D eigenvalue weighted by Gasteiger charge is 2.17. The molecule has 0 saturated heterocycles. The van der Waals surface area contributed by atoms with Crippen molar-refractivity contribution in [3.8, 4) is 5.75 Å². The Kier molecular flexibility index (Phi) is 6.01. The molecule has 1 amide bonds. The van der Waals surface area contributed by atoms with Gasteiger partial charge in [0.05, 0.1) is 18.2 Å². The molecule has 1 unspecified atom stereocenters. The van der Waals surface area contributed by atoms with Gasteiger partial charge in [-0.05, 0) is 37.1 Å².